The maximum atomic E-state index is 6.24. The van der Waals surface area contributed by atoms with Gasteiger partial charge in [0.1, 0.15) is 22.3 Å². The number of para-hydroxylation sites is 2. The zero-order valence-corrected chi connectivity index (χ0v) is 31.1. The van der Waals surface area contributed by atoms with Gasteiger partial charge in [-0.1, -0.05) is 127 Å². The zero-order chi connectivity index (χ0) is 37.5. The predicted molar refractivity (Wildman–Crippen MR) is 234 cm³/mol. The third-order valence-electron chi connectivity index (χ3n) is 11.0. The average Bonchev–Trinajstić information content (AvgIpc) is 3.96. The second-order valence-electron chi connectivity index (χ2n) is 14.4. The Balaban J connectivity index is 0.952. The molecule has 57 heavy (non-hydrogen) atoms. The first-order valence-electron chi connectivity index (χ1n) is 18.9. The van der Waals surface area contributed by atoms with Crippen molar-refractivity contribution in [3.8, 4) is 56.4 Å². The molecular weight excluding hydrogens is 719 g/mol. The van der Waals surface area contributed by atoms with Gasteiger partial charge in [0.05, 0.1) is 0 Å². The van der Waals surface area contributed by atoms with Gasteiger partial charge in [-0.15, -0.1) is 11.3 Å². The van der Waals surface area contributed by atoms with Crippen molar-refractivity contribution in [2.45, 2.75) is 0 Å². The van der Waals surface area contributed by atoms with Crippen LogP contribution in [0.5, 0.6) is 0 Å². The minimum absolute atomic E-state index is 0.598. The fourth-order valence-electron chi connectivity index (χ4n) is 8.18. The maximum Gasteiger partial charge on any atom is 0.164 e. The minimum atomic E-state index is 0.598. The molecule has 12 rings (SSSR count). The smallest absolute Gasteiger partial charge is 0.164 e. The first kappa shape index (κ1) is 31.9. The molecule has 4 heterocycles. The molecule has 0 N–H and O–H groups in total. The van der Waals surface area contributed by atoms with E-state index in [0.29, 0.717) is 17.5 Å². The van der Waals surface area contributed by atoms with E-state index in [0.717, 1.165) is 66.1 Å². The van der Waals surface area contributed by atoms with Gasteiger partial charge in [0, 0.05) is 58.4 Å². The fourth-order valence-corrected chi connectivity index (χ4v) is 9.36. The number of aromatic nitrogens is 3. The third kappa shape index (κ3) is 5.26. The van der Waals surface area contributed by atoms with E-state index in [1.54, 1.807) is 11.3 Å². The molecule has 0 atom stereocenters. The molecule has 0 spiro atoms. The standard InChI is InChI=1S/C51H29N3O2S/c1-2-10-30(11-3-1)49-52-50(33-19-22-39-37-14-6-8-16-43(37)56-46(39)27-33)54-51(53-49)34-20-24-41-40-23-18-32(28-47(40)57-48(41)29-34)36-13-5-4-12-35(36)31-21-25-45-42(26-31)38-15-7-9-17-44(38)55-45/h1-29H. The molecule has 6 heteroatoms. The average molecular weight is 748 g/mol. The van der Waals surface area contributed by atoms with Crippen LogP contribution in [0.15, 0.2) is 185 Å². The first-order valence-corrected chi connectivity index (χ1v) is 19.7. The summed E-state index contributed by atoms with van der Waals surface area (Å²) < 4.78 is 14.8. The summed E-state index contributed by atoms with van der Waals surface area (Å²) in [6.07, 6.45) is 0. The Hall–Kier alpha value is -7.41. The number of thiophene rings is 1. The highest BCUT2D eigenvalue weighted by atomic mass is 32.1. The molecule has 266 valence electrons. The van der Waals surface area contributed by atoms with Crippen LogP contribution in [-0.4, -0.2) is 15.0 Å². The van der Waals surface area contributed by atoms with Crippen molar-refractivity contribution in [3.63, 3.8) is 0 Å². The molecule has 5 nitrogen and oxygen atoms in total. The van der Waals surface area contributed by atoms with E-state index in [1.165, 1.54) is 36.9 Å². The van der Waals surface area contributed by atoms with Crippen LogP contribution < -0.4 is 0 Å². The third-order valence-corrected chi connectivity index (χ3v) is 12.1. The number of furan rings is 2. The van der Waals surface area contributed by atoms with Gasteiger partial charge in [0.25, 0.3) is 0 Å². The van der Waals surface area contributed by atoms with Crippen LogP contribution >= 0.6 is 11.3 Å². The molecule has 4 aromatic heterocycles. The molecule has 0 unspecified atom stereocenters. The lowest BCUT2D eigenvalue weighted by Crippen LogP contribution is -2.00. The number of fused-ring (bicyclic) bond motifs is 9. The van der Waals surface area contributed by atoms with Gasteiger partial charge in [-0.3, -0.25) is 0 Å². The number of rotatable bonds is 5. The summed E-state index contributed by atoms with van der Waals surface area (Å²) >= 11 is 1.79. The monoisotopic (exact) mass is 747 g/mol. The van der Waals surface area contributed by atoms with Gasteiger partial charge in [-0.2, -0.15) is 0 Å². The Morgan fingerprint density at radius 3 is 1.46 bits per heavy atom. The number of nitrogens with zero attached hydrogens (tertiary/aromatic N) is 3. The van der Waals surface area contributed by atoms with Crippen molar-refractivity contribution in [2.75, 3.05) is 0 Å². The summed E-state index contributed by atoms with van der Waals surface area (Å²) in [7, 11) is 0. The lowest BCUT2D eigenvalue weighted by Gasteiger charge is -2.11. The second kappa shape index (κ2) is 12.6. The number of hydrogen-bond donors (Lipinski definition) is 0. The molecule has 0 bridgehead atoms. The van der Waals surface area contributed by atoms with Gasteiger partial charge in [-0.05, 0) is 70.8 Å². The van der Waals surface area contributed by atoms with Gasteiger partial charge >= 0.3 is 0 Å². The van der Waals surface area contributed by atoms with Crippen molar-refractivity contribution in [1.29, 1.82) is 0 Å². The number of hydrogen-bond acceptors (Lipinski definition) is 6. The summed E-state index contributed by atoms with van der Waals surface area (Å²) in [5, 5.41) is 6.86. The van der Waals surface area contributed by atoms with Crippen LogP contribution in [0.25, 0.3) is 120 Å². The topological polar surface area (TPSA) is 65.0 Å². The van der Waals surface area contributed by atoms with Gasteiger partial charge in [0.2, 0.25) is 0 Å². The molecule has 0 radical (unpaired) electrons. The summed E-state index contributed by atoms with van der Waals surface area (Å²) in [5.74, 6) is 1.85. The highest BCUT2D eigenvalue weighted by molar-refractivity contribution is 7.25. The van der Waals surface area contributed by atoms with E-state index < -0.39 is 0 Å². The van der Waals surface area contributed by atoms with E-state index in [-0.39, 0.29) is 0 Å². The van der Waals surface area contributed by atoms with Gasteiger partial charge in [0.15, 0.2) is 17.5 Å². The van der Waals surface area contributed by atoms with E-state index in [9.17, 15) is 0 Å². The molecule has 0 aliphatic heterocycles. The number of benzene rings is 8. The summed E-state index contributed by atoms with van der Waals surface area (Å²) in [6, 6.07) is 61.2. The maximum absolute atomic E-state index is 6.24. The fraction of sp³-hybridized carbons (Fsp3) is 0. The lowest BCUT2D eigenvalue weighted by molar-refractivity contribution is 0.668. The predicted octanol–water partition coefficient (Wildman–Crippen LogP) is 14.4. The minimum Gasteiger partial charge on any atom is -0.456 e. The van der Waals surface area contributed by atoms with Crippen molar-refractivity contribution < 1.29 is 8.83 Å². The molecule has 0 saturated heterocycles. The first-order chi connectivity index (χ1) is 28.2. The zero-order valence-electron chi connectivity index (χ0n) is 30.3. The van der Waals surface area contributed by atoms with Crippen molar-refractivity contribution in [1.82, 2.24) is 15.0 Å². The molecule has 0 amide bonds. The molecule has 12 aromatic rings. The molecule has 0 saturated carbocycles. The highest BCUT2D eigenvalue weighted by Crippen LogP contribution is 2.41. The van der Waals surface area contributed by atoms with Crippen molar-refractivity contribution in [2.24, 2.45) is 0 Å². The van der Waals surface area contributed by atoms with E-state index >= 15 is 0 Å². The Labute approximate surface area is 330 Å². The SMILES string of the molecule is c1ccc(-c2nc(-c3ccc4c(c3)oc3ccccc34)nc(-c3ccc4c(c3)sc3cc(-c5ccccc5-c5ccc6oc7ccccc7c6c5)ccc34)n2)cc1. The van der Waals surface area contributed by atoms with Crippen LogP contribution in [0.3, 0.4) is 0 Å². The van der Waals surface area contributed by atoms with E-state index in [1.807, 2.05) is 66.7 Å². The summed E-state index contributed by atoms with van der Waals surface area (Å²) in [4.78, 5) is 15.1. The van der Waals surface area contributed by atoms with Gasteiger partial charge < -0.3 is 8.83 Å². The summed E-state index contributed by atoms with van der Waals surface area (Å²) in [5.41, 5.74) is 10.9. The Morgan fingerprint density at radius 1 is 0.298 bits per heavy atom. The van der Waals surface area contributed by atoms with Crippen LogP contribution in [0.1, 0.15) is 0 Å². The molecule has 0 fully saturated rings. The van der Waals surface area contributed by atoms with E-state index in [2.05, 4.69) is 109 Å². The largest absolute Gasteiger partial charge is 0.456 e. The highest BCUT2D eigenvalue weighted by Gasteiger charge is 2.17. The molecule has 8 aromatic carbocycles. The second-order valence-corrected chi connectivity index (χ2v) is 15.4. The van der Waals surface area contributed by atoms with Crippen LogP contribution in [0.4, 0.5) is 0 Å². The Kier molecular flexibility index (Phi) is 7.03. The van der Waals surface area contributed by atoms with E-state index in [4.69, 9.17) is 23.8 Å². The van der Waals surface area contributed by atoms with Crippen LogP contribution in [0.2, 0.25) is 0 Å². The Bertz CT molecular complexity index is 3540. The van der Waals surface area contributed by atoms with Gasteiger partial charge in [-0.25, -0.2) is 15.0 Å². The quantitative estimate of drug-likeness (QED) is 0.175. The summed E-state index contributed by atoms with van der Waals surface area (Å²) in [6.45, 7) is 0. The normalized spacial score (nSPS) is 11.9. The lowest BCUT2D eigenvalue weighted by atomic mass is 9.93. The molecule has 0 aliphatic rings. The van der Waals surface area contributed by atoms with Crippen LogP contribution in [0, 0.1) is 0 Å². The molecule has 0 aliphatic carbocycles. The molecular formula is C51H29N3O2S. The van der Waals surface area contributed by atoms with Crippen LogP contribution in [-0.2, 0) is 0 Å². The van der Waals surface area contributed by atoms with Crippen molar-refractivity contribution >= 4 is 75.4 Å². The Morgan fingerprint density at radius 2 is 0.754 bits per heavy atom. The van der Waals surface area contributed by atoms with Crippen molar-refractivity contribution in [3.05, 3.63) is 176 Å².